The van der Waals surface area contributed by atoms with E-state index in [0.29, 0.717) is 11.9 Å². The number of aliphatic hydroxyl groups is 1. The number of aliphatic hydroxyl groups excluding tert-OH is 1. The van der Waals surface area contributed by atoms with Crippen LogP contribution in [-0.4, -0.2) is 84.7 Å². The van der Waals surface area contributed by atoms with Crippen LogP contribution >= 0.6 is 0 Å². The third-order valence-corrected chi connectivity index (χ3v) is 7.31. The van der Waals surface area contributed by atoms with Crippen LogP contribution in [0, 0.1) is 17.8 Å². The van der Waals surface area contributed by atoms with Crippen LogP contribution in [0.4, 0.5) is 0 Å². The molecule has 0 spiro atoms. The topological polar surface area (TPSA) is 47.0 Å². The lowest BCUT2D eigenvalue weighted by Gasteiger charge is -2.57. The summed E-state index contributed by atoms with van der Waals surface area (Å²) >= 11 is 0. The molecule has 3 atom stereocenters. The molecule has 0 radical (unpaired) electrons. The van der Waals surface area contributed by atoms with Crippen molar-refractivity contribution >= 4 is 5.91 Å². The second-order valence-electron chi connectivity index (χ2n) is 9.72. The molecule has 1 amide bonds. The third kappa shape index (κ3) is 4.98. The Bertz CT molecular complexity index is 804. The van der Waals surface area contributed by atoms with Gasteiger partial charge in [0.15, 0.2) is 0 Å². The second kappa shape index (κ2) is 10.2. The monoisotopic (exact) mass is 423 g/mol. The molecular formula is C26H37N3O2. The quantitative estimate of drug-likeness (QED) is 0.756. The highest BCUT2D eigenvalue weighted by Gasteiger charge is 2.49. The van der Waals surface area contributed by atoms with Gasteiger partial charge in [-0.25, -0.2) is 0 Å². The van der Waals surface area contributed by atoms with Crippen LogP contribution in [0.25, 0.3) is 0 Å². The van der Waals surface area contributed by atoms with E-state index < -0.39 is 0 Å². The van der Waals surface area contributed by atoms with Crippen molar-refractivity contribution in [1.29, 1.82) is 0 Å². The molecule has 4 rings (SSSR count). The van der Waals surface area contributed by atoms with E-state index in [-0.39, 0.29) is 24.5 Å². The van der Waals surface area contributed by atoms with Gasteiger partial charge in [0, 0.05) is 42.6 Å². The van der Waals surface area contributed by atoms with Crippen LogP contribution in [0.5, 0.6) is 0 Å². The fourth-order valence-corrected chi connectivity index (χ4v) is 5.66. The van der Waals surface area contributed by atoms with Crippen LogP contribution < -0.4 is 0 Å². The van der Waals surface area contributed by atoms with E-state index in [1.807, 2.05) is 14.1 Å². The molecule has 1 saturated carbocycles. The second-order valence-corrected chi connectivity index (χ2v) is 9.72. The highest BCUT2D eigenvalue weighted by Crippen LogP contribution is 2.42. The minimum Gasteiger partial charge on any atom is -0.395 e. The molecule has 0 aromatic heterocycles. The van der Waals surface area contributed by atoms with Gasteiger partial charge in [0.25, 0.3) is 0 Å². The van der Waals surface area contributed by atoms with Gasteiger partial charge in [-0.15, -0.1) is 0 Å². The number of carbonyl (C=O) groups excluding carboxylic acids is 1. The third-order valence-electron chi connectivity index (χ3n) is 7.31. The minimum absolute atomic E-state index is 0.150. The van der Waals surface area contributed by atoms with Gasteiger partial charge in [0.2, 0.25) is 5.91 Å². The predicted octanol–water partition coefficient (Wildman–Crippen LogP) is 2.54. The first-order valence-electron chi connectivity index (χ1n) is 12.0. The zero-order valence-electron chi connectivity index (χ0n) is 19.1. The summed E-state index contributed by atoms with van der Waals surface area (Å²) < 4.78 is 0. The zero-order chi connectivity index (χ0) is 21.8. The number of benzene rings is 1. The van der Waals surface area contributed by atoms with Crippen molar-refractivity contribution in [1.82, 2.24) is 14.7 Å². The molecule has 2 heterocycles. The number of hydrogen-bond donors (Lipinski definition) is 1. The molecule has 1 aromatic carbocycles. The van der Waals surface area contributed by atoms with Crippen LogP contribution in [-0.2, 0) is 4.79 Å². The lowest BCUT2D eigenvalue weighted by atomic mass is 9.74. The average molecular weight is 424 g/mol. The Labute approximate surface area is 187 Å². The normalized spacial score (nSPS) is 27.1. The number of hydrogen-bond acceptors (Lipinski definition) is 4. The smallest absolute Gasteiger partial charge is 0.225 e. The van der Waals surface area contributed by atoms with Crippen molar-refractivity contribution in [3.63, 3.8) is 0 Å². The minimum atomic E-state index is 0.150. The van der Waals surface area contributed by atoms with E-state index in [1.165, 1.54) is 18.4 Å². The number of carbonyl (C=O) groups is 1. The van der Waals surface area contributed by atoms with Crippen LogP contribution in [0.1, 0.15) is 55.6 Å². The molecule has 31 heavy (non-hydrogen) atoms. The summed E-state index contributed by atoms with van der Waals surface area (Å²) in [4.78, 5) is 19.8. The van der Waals surface area contributed by atoms with E-state index in [2.05, 4.69) is 50.8 Å². The maximum absolute atomic E-state index is 13.2. The van der Waals surface area contributed by atoms with Crippen molar-refractivity contribution in [3.05, 3.63) is 35.4 Å². The lowest BCUT2D eigenvalue weighted by molar-refractivity contribution is -0.140. The Morgan fingerprint density at radius 2 is 1.81 bits per heavy atom. The molecule has 0 unspecified atom stereocenters. The standard InChI is InChI=1S/C26H37N3O2/c1-27(2)15-7-8-20-11-13-21(14-12-20)25-23-18-28(26(31)22-9-3-4-10-22)16-5-6-17-29(23)24(25)19-30/h11-14,22-25,30H,3-6,9-10,15-19H2,1-2H3/t23-,24-,25+/m0/s1. The molecule has 5 nitrogen and oxygen atoms in total. The maximum Gasteiger partial charge on any atom is 0.225 e. The molecule has 3 aliphatic rings. The number of amides is 1. The average Bonchev–Trinajstić information content (AvgIpc) is 3.28. The fraction of sp³-hybridized carbons (Fsp3) is 0.654. The fourth-order valence-electron chi connectivity index (χ4n) is 5.66. The Hall–Kier alpha value is -1.87. The summed E-state index contributed by atoms with van der Waals surface area (Å²) in [5.41, 5.74) is 2.28. The molecule has 5 heteroatoms. The molecule has 1 aliphatic carbocycles. The first-order chi connectivity index (χ1) is 15.1. The van der Waals surface area contributed by atoms with E-state index >= 15 is 0 Å². The maximum atomic E-state index is 13.2. The van der Waals surface area contributed by atoms with Crippen LogP contribution in [0.2, 0.25) is 0 Å². The van der Waals surface area contributed by atoms with E-state index in [9.17, 15) is 9.90 Å². The summed E-state index contributed by atoms with van der Waals surface area (Å²) in [5.74, 6) is 7.29. The highest BCUT2D eigenvalue weighted by atomic mass is 16.3. The first kappa shape index (κ1) is 22.3. The van der Waals surface area contributed by atoms with E-state index in [0.717, 1.165) is 57.4 Å². The highest BCUT2D eigenvalue weighted by molar-refractivity contribution is 5.79. The molecule has 1 N–H and O–H groups in total. The SMILES string of the molecule is CN(C)CC#Cc1ccc([C@H]2[C@H](CO)N3CCCCN(C(=O)C4CCCC4)C[C@@H]23)cc1. The van der Waals surface area contributed by atoms with Crippen molar-refractivity contribution in [2.45, 2.75) is 56.5 Å². The molecule has 2 saturated heterocycles. The number of nitrogens with zero attached hydrogens (tertiary/aromatic N) is 3. The van der Waals surface area contributed by atoms with Gasteiger partial charge in [-0.05, 0) is 64.0 Å². The van der Waals surface area contributed by atoms with Gasteiger partial charge in [0.05, 0.1) is 13.2 Å². The van der Waals surface area contributed by atoms with Crippen molar-refractivity contribution in [2.75, 3.05) is 46.9 Å². The molecule has 1 aromatic rings. The van der Waals surface area contributed by atoms with Gasteiger partial charge < -0.3 is 10.0 Å². The summed E-state index contributed by atoms with van der Waals surface area (Å²) in [6, 6.07) is 8.99. The molecule has 2 aliphatic heterocycles. The Kier molecular flexibility index (Phi) is 7.32. The van der Waals surface area contributed by atoms with Gasteiger partial charge in [-0.1, -0.05) is 36.8 Å². The predicted molar refractivity (Wildman–Crippen MR) is 124 cm³/mol. The summed E-state index contributed by atoms with van der Waals surface area (Å²) in [7, 11) is 4.04. The molecule has 3 fully saturated rings. The number of rotatable bonds is 4. The van der Waals surface area contributed by atoms with Crippen molar-refractivity contribution in [2.24, 2.45) is 5.92 Å². The van der Waals surface area contributed by atoms with E-state index in [1.54, 1.807) is 0 Å². The van der Waals surface area contributed by atoms with Gasteiger partial charge >= 0.3 is 0 Å². The lowest BCUT2D eigenvalue weighted by Crippen LogP contribution is -2.68. The Balaban J connectivity index is 1.49. The van der Waals surface area contributed by atoms with Crippen LogP contribution in [0.3, 0.4) is 0 Å². The van der Waals surface area contributed by atoms with Gasteiger partial charge in [0.1, 0.15) is 0 Å². The van der Waals surface area contributed by atoms with Crippen LogP contribution in [0.15, 0.2) is 24.3 Å². The summed E-state index contributed by atoms with van der Waals surface area (Å²) in [6.45, 7) is 3.62. The van der Waals surface area contributed by atoms with E-state index in [4.69, 9.17) is 0 Å². The summed E-state index contributed by atoms with van der Waals surface area (Å²) in [6.07, 6.45) is 6.66. The molecule has 168 valence electrons. The van der Waals surface area contributed by atoms with Gasteiger partial charge in [-0.2, -0.15) is 0 Å². The molecule has 0 bridgehead atoms. The Morgan fingerprint density at radius 3 is 2.48 bits per heavy atom. The van der Waals surface area contributed by atoms with Crippen molar-refractivity contribution < 1.29 is 9.90 Å². The van der Waals surface area contributed by atoms with Gasteiger partial charge in [-0.3, -0.25) is 14.6 Å². The van der Waals surface area contributed by atoms with Crippen molar-refractivity contribution in [3.8, 4) is 11.8 Å². The zero-order valence-corrected chi connectivity index (χ0v) is 19.1. The summed E-state index contributed by atoms with van der Waals surface area (Å²) in [5, 5.41) is 10.1. The number of fused-ring (bicyclic) bond motifs is 1. The molecular weight excluding hydrogens is 386 g/mol. The first-order valence-corrected chi connectivity index (χ1v) is 12.0. The Morgan fingerprint density at radius 1 is 1.10 bits per heavy atom. The largest absolute Gasteiger partial charge is 0.395 e.